The molecule has 6 nitrogen and oxygen atoms in total. The summed E-state index contributed by atoms with van der Waals surface area (Å²) in [5.74, 6) is 0.114. The molecule has 0 spiro atoms. The van der Waals surface area contributed by atoms with Crippen molar-refractivity contribution in [1.82, 2.24) is 9.80 Å². The molecule has 2 saturated heterocycles. The van der Waals surface area contributed by atoms with E-state index in [1.54, 1.807) is 0 Å². The number of nitrogens with zero attached hydrogens (tertiary/aromatic N) is 2. The third-order valence-electron chi connectivity index (χ3n) is 6.53. The minimum Gasteiger partial charge on any atom is -0.507 e. The van der Waals surface area contributed by atoms with Crippen molar-refractivity contribution in [2.75, 3.05) is 32.8 Å². The van der Waals surface area contributed by atoms with Gasteiger partial charge in [-0.25, -0.2) is 4.79 Å². The predicted octanol–water partition coefficient (Wildman–Crippen LogP) is 2.58. The molecule has 150 valence electrons. The summed E-state index contributed by atoms with van der Waals surface area (Å²) in [6, 6.07) is 0.473. The summed E-state index contributed by atoms with van der Waals surface area (Å²) in [6.07, 6.45) is 4.95. The van der Waals surface area contributed by atoms with Crippen molar-refractivity contribution in [1.29, 1.82) is 0 Å². The topological polar surface area (TPSA) is 66.2 Å². The number of aromatic hydroxyl groups is 1. The Morgan fingerprint density at radius 1 is 1.19 bits per heavy atom. The molecule has 6 heteroatoms. The molecule has 1 saturated carbocycles. The van der Waals surface area contributed by atoms with E-state index >= 15 is 0 Å². The van der Waals surface area contributed by atoms with Gasteiger partial charge in [-0.2, -0.15) is 0 Å². The van der Waals surface area contributed by atoms with E-state index in [1.165, 1.54) is 19.1 Å². The van der Waals surface area contributed by atoms with E-state index in [-0.39, 0.29) is 5.75 Å². The van der Waals surface area contributed by atoms with Crippen molar-refractivity contribution >= 4 is 0 Å². The van der Waals surface area contributed by atoms with Crippen molar-refractivity contribution in [2.24, 2.45) is 10.8 Å². The fourth-order valence-corrected chi connectivity index (χ4v) is 5.76. The molecule has 3 aliphatic rings. The second kappa shape index (κ2) is 6.90. The average Bonchev–Trinajstić information content (AvgIpc) is 2.83. The molecule has 3 heterocycles. The number of likely N-dealkylation sites (tertiary alicyclic amines) is 1. The number of rotatable bonds is 4. The van der Waals surface area contributed by atoms with E-state index in [0.29, 0.717) is 54.3 Å². The van der Waals surface area contributed by atoms with E-state index < -0.39 is 5.63 Å². The lowest BCUT2D eigenvalue weighted by Crippen LogP contribution is -2.36. The Kier molecular flexibility index (Phi) is 4.85. The van der Waals surface area contributed by atoms with Crippen LogP contribution in [0.5, 0.6) is 5.75 Å². The fourth-order valence-electron chi connectivity index (χ4n) is 5.76. The zero-order chi connectivity index (χ0) is 19.2. The van der Waals surface area contributed by atoms with Gasteiger partial charge in [-0.1, -0.05) is 20.8 Å². The van der Waals surface area contributed by atoms with Crippen molar-refractivity contribution in [2.45, 2.75) is 59.2 Å². The van der Waals surface area contributed by atoms with E-state index in [9.17, 15) is 9.90 Å². The molecule has 4 rings (SSSR count). The maximum absolute atomic E-state index is 12.4. The van der Waals surface area contributed by atoms with E-state index in [2.05, 4.69) is 30.6 Å². The number of fused-ring (bicyclic) bond motifs is 2. The molecule has 1 aromatic heterocycles. The lowest BCUT2D eigenvalue weighted by Gasteiger charge is -2.39. The molecule has 2 bridgehead atoms. The van der Waals surface area contributed by atoms with Crippen molar-refractivity contribution < 1.29 is 14.3 Å². The summed E-state index contributed by atoms with van der Waals surface area (Å²) in [4.78, 5) is 17.0. The third-order valence-corrected chi connectivity index (χ3v) is 6.53. The number of morpholine rings is 1. The maximum Gasteiger partial charge on any atom is 0.343 e. The predicted molar refractivity (Wildman–Crippen MR) is 103 cm³/mol. The highest BCUT2D eigenvalue weighted by Crippen LogP contribution is 2.52. The van der Waals surface area contributed by atoms with Crippen LogP contribution in [-0.2, 0) is 17.8 Å². The van der Waals surface area contributed by atoms with E-state index in [1.807, 2.05) is 0 Å². The van der Waals surface area contributed by atoms with Gasteiger partial charge in [0, 0.05) is 44.3 Å². The van der Waals surface area contributed by atoms with Crippen molar-refractivity contribution in [3.05, 3.63) is 27.8 Å². The summed E-state index contributed by atoms with van der Waals surface area (Å²) in [5, 5.41) is 10.8. The third kappa shape index (κ3) is 3.93. The molecule has 0 radical (unpaired) electrons. The Balaban J connectivity index is 1.54. The molecule has 0 unspecified atom stereocenters. The largest absolute Gasteiger partial charge is 0.507 e. The first-order valence-electron chi connectivity index (χ1n) is 10.1. The molecule has 27 heavy (non-hydrogen) atoms. The second-order valence-corrected chi connectivity index (χ2v) is 9.88. The second-order valence-electron chi connectivity index (χ2n) is 9.88. The number of ether oxygens (including phenoxy) is 1. The first-order chi connectivity index (χ1) is 12.7. The van der Waals surface area contributed by atoms with Gasteiger partial charge < -0.3 is 14.3 Å². The Morgan fingerprint density at radius 2 is 1.93 bits per heavy atom. The van der Waals surface area contributed by atoms with Crippen LogP contribution in [0.1, 0.15) is 51.2 Å². The van der Waals surface area contributed by atoms with Crippen molar-refractivity contribution in [3.8, 4) is 5.75 Å². The van der Waals surface area contributed by atoms with Crippen LogP contribution in [0.2, 0.25) is 0 Å². The lowest BCUT2D eigenvalue weighted by molar-refractivity contribution is 0.0335. The molecule has 0 aromatic carbocycles. The number of hydrogen-bond acceptors (Lipinski definition) is 6. The Morgan fingerprint density at radius 3 is 2.67 bits per heavy atom. The quantitative estimate of drug-likeness (QED) is 0.871. The van der Waals surface area contributed by atoms with Gasteiger partial charge in [-0.15, -0.1) is 0 Å². The highest BCUT2D eigenvalue weighted by atomic mass is 16.5. The molecule has 3 fully saturated rings. The van der Waals surface area contributed by atoms with Gasteiger partial charge in [0.15, 0.2) is 0 Å². The van der Waals surface area contributed by atoms with Crippen LogP contribution in [0.25, 0.3) is 0 Å². The Hall–Kier alpha value is -1.37. The zero-order valence-corrected chi connectivity index (χ0v) is 16.8. The minimum absolute atomic E-state index is 0.114. The summed E-state index contributed by atoms with van der Waals surface area (Å²) in [5.41, 5.74) is 1.32. The molecule has 1 aromatic rings. The Labute approximate surface area is 161 Å². The summed E-state index contributed by atoms with van der Waals surface area (Å²) in [6.45, 7) is 12.1. The highest BCUT2D eigenvalue weighted by molar-refractivity contribution is 5.36. The summed E-state index contributed by atoms with van der Waals surface area (Å²) < 4.78 is 10.7. The van der Waals surface area contributed by atoms with Crippen LogP contribution in [-0.4, -0.2) is 53.8 Å². The van der Waals surface area contributed by atoms with Gasteiger partial charge in [-0.05, 0) is 30.1 Å². The highest BCUT2D eigenvalue weighted by Gasteiger charge is 2.49. The van der Waals surface area contributed by atoms with Crippen LogP contribution >= 0.6 is 0 Å². The van der Waals surface area contributed by atoms with Crippen molar-refractivity contribution in [3.63, 3.8) is 0 Å². The summed E-state index contributed by atoms with van der Waals surface area (Å²) in [7, 11) is 0. The SMILES string of the molecule is CC1(C)C[C@@H]2C[C@](C)(CN2Cc2c(O)c(CN3CCOCC3)coc2=O)C1. The van der Waals surface area contributed by atoms with E-state index in [0.717, 1.165) is 26.1 Å². The van der Waals surface area contributed by atoms with Crippen LogP contribution in [0.15, 0.2) is 15.5 Å². The average molecular weight is 376 g/mol. The molecule has 1 aliphatic carbocycles. The molecule has 2 atom stereocenters. The van der Waals surface area contributed by atoms with E-state index in [4.69, 9.17) is 9.15 Å². The maximum atomic E-state index is 12.4. The monoisotopic (exact) mass is 376 g/mol. The van der Waals surface area contributed by atoms with Gasteiger partial charge in [0.2, 0.25) is 0 Å². The molecule has 2 aliphatic heterocycles. The minimum atomic E-state index is -0.413. The lowest BCUT2D eigenvalue weighted by atomic mass is 9.65. The molecular formula is C21H32N2O4. The van der Waals surface area contributed by atoms with Gasteiger partial charge in [0.05, 0.1) is 18.8 Å². The Bertz CT molecular complexity index is 753. The van der Waals surface area contributed by atoms with Gasteiger partial charge in [-0.3, -0.25) is 9.80 Å². The first kappa shape index (κ1) is 19.0. The van der Waals surface area contributed by atoms with Crippen LogP contribution < -0.4 is 5.63 Å². The molecule has 1 N–H and O–H groups in total. The smallest absolute Gasteiger partial charge is 0.343 e. The summed E-state index contributed by atoms with van der Waals surface area (Å²) >= 11 is 0. The van der Waals surface area contributed by atoms with Gasteiger partial charge in [0.25, 0.3) is 0 Å². The number of hydrogen-bond donors (Lipinski definition) is 1. The first-order valence-corrected chi connectivity index (χ1v) is 10.1. The zero-order valence-electron chi connectivity index (χ0n) is 16.8. The fraction of sp³-hybridized carbons (Fsp3) is 0.762. The standard InChI is InChI=1S/C21H32N2O4/c1-20(2)8-16-9-21(3,13-20)14-23(16)11-17-18(24)15(12-27-19(17)25)10-22-4-6-26-7-5-22/h12,16,24H,4-11,13-14H2,1-3H3/t16-,21+/m1/s1. The van der Waals surface area contributed by atoms with Crippen LogP contribution in [0.3, 0.4) is 0 Å². The van der Waals surface area contributed by atoms with Gasteiger partial charge in [0.1, 0.15) is 12.0 Å². The molecule has 0 amide bonds. The van der Waals surface area contributed by atoms with Crippen LogP contribution in [0, 0.1) is 10.8 Å². The molecular weight excluding hydrogens is 344 g/mol. The van der Waals surface area contributed by atoms with Crippen LogP contribution in [0.4, 0.5) is 0 Å². The van der Waals surface area contributed by atoms with Gasteiger partial charge >= 0.3 is 5.63 Å². The normalized spacial score (nSPS) is 31.3.